The fourth-order valence-corrected chi connectivity index (χ4v) is 2.43. The van der Waals surface area contributed by atoms with E-state index in [9.17, 15) is 13.2 Å². The SMILES string of the molecule is CCc1nn(C)c(Nc2ccc(Br)c(C(F)(F)F)c2)c1N. The number of hydrogen-bond donors (Lipinski definition) is 2. The molecule has 0 radical (unpaired) electrons. The van der Waals surface area contributed by atoms with Gasteiger partial charge in [-0.25, -0.2) is 0 Å². The molecular weight excluding hydrogens is 349 g/mol. The van der Waals surface area contributed by atoms with Crippen molar-refractivity contribution in [3.05, 3.63) is 33.9 Å². The second-order valence-electron chi connectivity index (χ2n) is 4.50. The first-order valence-electron chi connectivity index (χ1n) is 6.19. The van der Waals surface area contributed by atoms with Crippen LogP contribution in [-0.4, -0.2) is 9.78 Å². The summed E-state index contributed by atoms with van der Waals surface area (Å²) in [6.07, 6.45) is -3.78. The van der Waals surface area contributed by atoms with Crippen molar-refractivity contribution in [2.45, 2.75) is 19.5 Å². The minimum Gasteiger partial charge on any atom is -0.394 e. The second kappa shape index (κ2) is 5.59. The number of anilines is 3. The predicted molar refractivity (Wildman–Crippen MR) is 79.4 cm³/mol. The molecule has 0 amide bonds. The summed E-state index contributed by atoms with van der Waals surface area (Å²) in [7, 11) is 1.68. The lowest BCUT2D eigenvalue weighted by Crippen LogP contribution is -2.07. The highest BCUT2D eigenvalue weighted by Crippen LogP contribution is 2.37. The van der Waals surface area contributed by atoms with E-state index in [0.29, 0.717) is 29.3 Å². The van der Waals surface area contributed by atoms with Crippen molar-refractivity contribution >= 4 is 33.1 Å². The van der Waals surface area contributed by atoms with Crippen LogP contribution in [-0.2, 0) is 19.6 Å². The molecule has 0 aliphatic heterocycles. The molecule has 1 aromatic carbocycles. The van der Waals surface area contributed by atoms with Gasteiger partial charge in [-0.2, -0.15) is 18.3 Å². The summed E-state index contributed by atoms with van der Waals surface area (Å²) in [5.74, 6) is 0.474. The molecule has 0 fully saturated rings. The zero-order chi connectivity index (χ0) is 15.8. The number of nitrogens with one attached hydrogen (secondary N) is 1. The molecule has 0 aliphatic carbocycles. The molecule has 4 nitrogen and oxygen atoms in total. The Morgan fingerprint density at radius 3 is 2.57 bits per heavy atom. The van der Waals surface area contributed by atoms with Crippen molar-refractivity contribution in [1.82, 2.24) is 9.78 Å². The van der Waals surface area contributed by atoms with Crippen molar-refractivity contribution in [3.63, 3.8) is 0 Å². The molecule has 0 aliphatic rings. The quantitative estimate of drug-likeness (QED) is 0.864. The third-order valence-corrected chi connectivity index (χ3v) is 3.72. The number of aryl methyl sites for hydroxylation is 2. The third-order valence-electron chi connectivity index (χ3n) is 3.03. The lowest BCUT2D eigenvalue weighted by molar-refractivity contribution is -0.138. The number of hydrogen-bond acceptors (Lipinski definition) is 3. The minimum absolute atomic E-state index is 0.00669. The standard InChI is InChI=1S/C13H14BrF3N4/c1-3-10-11(18)12(21(2)20-10)19-7-4-5-9(14)8(6-7)13(15,16)17/h4-6,19H,3,18H2,1-2H3. The van der Waals surface area contributed by atoms with Crippen LogP contribution in [0.25, 0.3) is 0 Å². The van der Waals surface area contributed by atoms with Gasteiger partial charge in [0.25, 0.3) is 0 Å². The first-order chi connectivity index (χ1) is 9.74. The fourth-order valence-electron chi connectivity index (χ4n) is 1.96. The Morgan fingerprint density at radius 2 is 2.05 bits per heavy atom. The summed E-state index contributed by atoms with van der Waals surface area (Å²) < 4.78 is 40.2. The molecule has 0 saturated carbocycles. The van der Waals surface area contributed by atoms with E-state index < -0.39 is 11.7 Å². The highest BCUT2D eigenvalue weighted by molar-refractivity contribution is 9.10. The Labute approximate surface area is 128 Å². The third kappa shape index (κ3) is 3.15. The van der Waals surface area contributed by atoms with E-state index in [1.54, 1.807) is 7.05 Å². The summed E-state index contributed by atoms with van der Waals surface area (Å²) >= 11 is 2.91. The number of halogens is 4. The van der Waals surface area contributed by atoms with E-state index in [1.807, 2.05) is 6.92 Å². The van der Waals surface area contributed by atoms with Crippen LogP contribution in [0.3, 0.4) is 0 Å². The zero-order valence-corrected chi connectivity index (χ0v) is 13.0. The normalized spacial score (nSPS) is 11.7. The smallest absolute Gasteiger partial charge is 0.394 e. The molecule has 1 aromatic heterocycles. The van der Waals surface area contributed by atoms with Crippen molar-refractivity contribution in [2.24, 2.45) is 7.05 Å². The number of benzene rings is 1. The molecule has 0 atom stereocenters. The number of nitrogens with two attached hydrogens (primary N) is 1. The largest absolute Gasteiger partial charge is 0.417 e. The lowest BCUT2D eigenvalue weighted by atomic mass is 10.2. The topological polar surface area (TPSA) is 55.9 Å². The molecule has 2 rings (SSSR count). The number of rotatable bonds is 3. The van der Waals surface area contributed by atoms with E-state index in [-0.39, 0.29) is 4.47 Å². The second-order valence-corrected chi connectivity index (χ2v) is 5.36. The molecule has 0 bridgehead atoms. The van der Waals surface area contributed by atoms with E-state index >= 15 is 0 Å². The van der Waals surface area contributed by atoms with Gasteiger partial charge in [0.15, 0.2) is 5.82 Å². The first kappa shape index (κ1) is 15.7. The number of aromatic nitrogens is 2. The monoisotopic (exact) mass is 362 g/mol. The molecule has 0 spiro atoms. The molecule has 0 saturated heterocycles. The van der Waals surface area contributed by atoms with Gasteiger partial charge in [0.1, 0.15) is 0 Å². The molecule has 114 valence electrons. The first-order valence-corrected chi connectivity index (χ1v) is 6.98. The maximum absolute atomic E-state index is 12.9. The van der Waals surface area contributed by atoms with E-state index in [2.05, 4.69) is 26.3 Å². The van der Waals surface area contributed by atoms with Gasteiger partial charge in [0.2, 0.25) is 0 Å². The molecule has 21 heavy (non-hydrogen) atoms. The van der Waals surface area contributed by atoms with Crippen LogP contribution in [0.4, 0.5) is 30.4 Å². The number of nitrogens with zero attached hydrogens (tertiary/aromatic N) is 2. The predicted octanol–water partition coefficient (Wildman–Crippen LogP) is 4.09. The number of nitrogen functional groups attached to an aromatic ring is 1. The molecule has 1 heterocycles. The van der Waals surface area contributed by atoms with Gasteiger partial charge in [0.05, 0.1) is 16.9 Å². The summed E-state index contributed by atoms with van der Waals surface area (Å²) in [5, 5.41) is 7.10. The average molecular weight is 363 g/mol. The molecule has 3 N–H and O–H groups in total. The maximum Gasteiger partial charge on any atom is 0.417 e. The highest BCUT2D eigenvalue weighted by atomic mass is 79.9. The highest BCUT2D eigenvalue weighted by Gasteiger charge is 2.33. The van der Waals surface area contributed by atoms with Gasteiger partial charge in [-0.1, -0.05) is 22.9 Å². The summed E-state index contributed by atoms with van der Waals surface area (Å²) in [6.45, 7) is 1.91. The molecular formula is C13H14BrF3N4. The Bertz CT molecular complexity index is 664. The fraction of sp³-hybridized carbons (Fsp3) is 0.308. The number of alkyl halides is 3. The van der Waals surface area contributed by atoms with Crippen molar-refractivity contribution in [1.29, 1.82) is 0 Å². The lowest BCUT2D eigenvalue weighted by Gasteiger charge is -2.13. The van der Waals surface area contributed by atoms with Gasteiger partial charge in [-0.05, 0) is 24.6 Å². The summed E-state index contributed by atoms with van der Waals surface area (Å²) in [5.41, 5.74) is 6.63. The molecule has 8 heteroatoms. The van der Waals surface area contributed by atoms with Crippen molar-refractivity contribution < 1.29 is 13.2 Å². The Morgan fingerprint density at radius 1 is 1.38 bits per heavy atom. The summed E-state index contributed by atoms with van der Waals surface area (Å²) in [6, 6.07) is 3.91. The average Bonchev–Trinajstić information content (AvgIpc) is 2.67. The zero-order valence-electron chi connectivity index (χ0n) is 11.4. The van der Waals surface area contributed by atoms with Crippen LogP contribution in [0, 0.1) is 0 Å². The van der Waals surface area contributed by atoms with Crippen LogP contribution in [0.1, 0.15) is 18.2 Å². The maximum atomic E-state index is 12.9. The van der Waals surface area contributed by atoms with Gasteiger partial charge < -0.3 is 11.1 Å². The Kier molecular flexibility index (Phi) is 4.18. The van der Waals surface area contributed by atoms with Crippen LogP contribution < -0.4 is 11.1 Å². The molecule has 2 aromatic rings. The van der Waals surface area contributed by atoms with Crippen molar-refractivity contribution in [2.75, 3.05) is 11.1 Å². The van der Waals surface area contributed by atoms with E-state index in [4.69, 9.17) is 5.73 Å². The Hall–Kier alpha value is -1.70. The van der Waals surface area contributed by atoms with Crippen LogP contribution in [0.5, 0.6) is 0 Å². The van der Waals surface area contributed by atoms with Gasteiger partial charge >= 0.3 is 6.18 Å². The minimum atomic E-state index is -4.43. The van der Waals surface area contributed by atoms with Crippen molar-refractivity contribution in [3.8, 4) is 0 Å². The van der Waals surface area contributed by atoms with Crippen LogP contribution in [0.2, 0.25) is 0 Å². The molecule has 0 unspecified atom stereocenters. The van der Waals surface area contributed by atoms with Gasteiger partial charge in [0, 0.05) is 17.2 Å². The van der Waals surface area contributed by atoms with Gasteiger partial charge in [-0.15, -0.1) is 0 Å². The van der Waals surface area contributed by atoms with Crippen LogP contribution >= 0.6 is 15.9 Å². The van der Waals surface area contributed by atoms with E-state index in [0.717, 1.165) is 6.07 Å². The van der Waals surface area contributed by atoms with E-state index in [1.165, 1.54) is 16.8 Å². The Balaban J connectivity index is 2.39. The summed E-state index contributed by atoms with van der Waals surface area (Å²) in [4.78, 5) is 0. The van der Waals surface area contributed by atoms with Crippen LogP contribution in [0.15, 0.2) is 22.7 Å². The van der Waals surface area contributed by atoms with Gasteiger partial charge in [-0.3, -0.25) is 4.68 Å².